The van der Waals surface area contributed by atoms with Gasteiger partial charge < -0.3 is 19.7 Å². The van der Waals surface area contributed by atoms with Gasteiger partial charge in [0.1, 0.15) is 5.65 Å². The van der Waals surface area contributed by atoms with Crippen LogP contribution >= 0.6 is 0 Å². The number of nitrogens with one attached hydrogen (secondary N) is 1. The highest BCUT2D eigenvalue weighted by Gasteiger charge is 2.25. The molecule has 0 unspecified atom stereocenters. The first-order valence-corrected chi connectivity index (χ1v) is 14.3. The van der Waals surface area contributed by atoms with Crippen LogP contribution in [0.15, 0.2) is 36.7 Å². The summed E-state index contributed by atoms with van der Waals surface area (Å²) in [7, 11) is 1.70. The van der Waals surface area contributed by atoms with Gasteiger partial charge in [-0.2, -0.15) is 4.98 Å². The van der Waals surface area contributed by atoms with Crippen LogP contribution in [0, 0.1) is 0 Å². The summed E-state index contributed by atoms with van der Waals surface area (Å²) in [6.07, 6.45) is 7.61. The Hall–Kier alpha value is -2.52. The van der Waals surface area contributed by atoms with E-state index in [0.717, 1.165) is 69.4 Å². The first-order valence-electron chi connectivity index (χ1n) is 14.3. The molecule has 206 valence electrons. The summed E-state index contributed by atoms with van der Waals surface area (Å²) in [5.74, 6) is 0.622. The third-order valence-electron chi connectivity index (χ3n) is 8.23. The minimum absolute atomic E-state index is 0.117. The van der Waals surface area contributed by atoms with E-state index in [1.54, 1.807) is 7.11 Å². The lowest BCUT2D eigenvalue weighted by Crippen LogP contribution is -2.48. The third-order valence-corrected chi connectivity index (χ3v) is 8.23. The minimum atomic E-state index is -0.185. The Labute approximate surface area is 227 Å². The Kier molecular flexibility index (Phi) is 8.63. The Bertz CT molecular complexity index is 1180. The number of nitrogens with zero attached hydrogens (tertiary/aromatic N) is 5. The van der Waals surface area contributed by atoms with Crippen molar-refractivity contribution in [2.24, 2.45) is 0 Å². The molecule has 1 saturated carbocycles. The van der Waals surface area contributed by atoms with Crippen molar-refractivity contribution in [1.82, 2.24) is 24.3 Å². The van der Waals surface area contributed by atoms with Crippen molar-refractivity contribution in [1.29, 1.82) is 0 Å². The number of anilines is 1. The number of rotatable bonds is 9. The average Bonchev–Trinajstić information content (AvgIpc) is 3.29. The molecule has 3 aromatic rings. The van der Waals surface area contributed by atoms with Crippen molar-refractivity contribution in [3.05, 3.63) is 42.2 Å². The molecular formula is C30H44N6O2. The number of aromatic nitrogens is 3. The number of aliphatic hydroxyl groups excluding tert-OH is 1. The maximum absolute atomic E-state index is 10.1. The molecule has 2 aliphatic rings. The molecule has 0 spiro atoms. The van der Waals surface area contributed by atoms with Gasteiger partial charge in [0, 0.05) is 81.3 Å². The number of piperazine rings is 1. The van der Waals surface area contributed by atoms with E-state index in [0.29, 0.717) is 24.6 Å². The molecule has 1 aliphatic heterocycles. The highest BCUT2D eigenvalue weighted by molar-refractivity contribution is 5.94. The largest absolute Gasteiger partial charge is 0.393 e. The molecule has 2 aromatic heterocycles. The summed E-state index contributed by atoms with van der Waals surface area (Å²) in [5.41, 5.74) is 4.66. The van der Waals surface area contributed by atoms with Gasteiger partial charge in [0.05, 0.1) is 12.7 Å². The van der Waals surface area contributed by atoms with Crippen molar-refractivity contribution in [2.45, 2.75) is 77.2 Å². The lowest BCUT2D eigenvalue weighted by Gasteiger charge is -2.36. The van der Waals surface area contributed by atoms with Gasteiger partial charge >= 0.3 is 0 Å². The zero-order valence-corrected chi connectivity index (χ0v) is 23.4. The van der Waals surface area contributed by atoms with Crippen LogP contribution in [0.25, 0.3) is 22.2 Å². The zero-order chi connectivity index (χ0) is 26.6. The first-order chi connectivity index (χ1) is 18.4. The van der Waals surface area contributed by atoms with Crippen molar-refractivity contribution in [2.75, 3.05) is 45.2 Å². The fraction of sp³-hybridized carbons (Fsp3) is 0.600. The maximum atomic E-state index is 10.1. The molecule has 1 atom stereocenters. The topological polar surface area (TPSA) is 78.7 Å². The van der Waals surface area contributed by atoms with Crippen LogP contribution in [0.3, 0.4) is 0 Å². The van der Waals surface area contributed by atoms with E-state index < -0.39 is 0 Å². The van der Waals surface area contributed by atoms with Gasteiger partial charge in [-0.25, -0.2) is 4.98 Å². The predicted octanol–water partition coefficient (Wildman–Crippen LogP) is 4.55. The van der Waals surface area contributed by atoms with Crippen LogP contribution in [-0.4, -0.2) is 87.5 Å². The molecule has 2 fully saturated rings. The van der Waals surface area contributed by atoms with E-state index >= 15 is 0 Å². The summed E-state index contributed by atoms with van der Waals surface area (Å²) in [4.78, 5) is 14.7. The maximum Gasteiger partial charge on any atom is 0.224 e. The van der Waals surface area contributed by atoms with E-state index in [1.165, 1.54) is 16.7 Å². The molecule has 0 amide bonds. The molecule has 0 radical (unpaired) electrons. The number of aliphatic hydroxyl groups is 1. The Morgan fingerprint density at radius 1 is 1.03 bits per heavy atom. The molecule has 5 rings (SSSR count). The number of benzene rings is 1. The summed E-state index contributed by atoms with van der Waals surface area (Å²) in [6.45, 7) is 12.8. The Morgan fingerprint density at radius 2 is 1.74 bits per heavy atom. The van der Waals surface area contributed by atoms with Crippen molar-refractivity contribution < 1.29 is 9.84 Å². The molecule has 1 saturated heterocycles. The monoisotopic (exact) mass is 520 g/mol. The molecular weight excluding hydrogens is 476 g/mol. The zero-order valence-electron chi connectivity index (χ0n) is 23.4. The SMILES string of the molecule is COC[C@@H](C)Nc1ncc2c(-c3ccc(CN4CCN(C(C)C)CC4)cc3)cn([C@H]3CC[C@H](O)CC3)c2n1. The van der Waals surface area contributed by atoms with Crippen LogP contribution in [0.1, 0.15) is 58.1 Å². The molecule has 8 heteroatoms. The van der Waals surface area contributed by atoms with Crippen LogP contribution in [0.5, 0.6) is 0 Å². The fourth-order valence-corrected chi connectivity index (χ4v) is 5.94. The summed E-state index contributed by atoms with van der Waals surface area (Å²) >= 11 is 0. The average molecular weight is 521 g/mol. The van der Waals surface area contributed by atoms with Crippen LogP contribution in [-0.2, 0) is 11.3 Å². The number of fused-ring (bicyclic) bond motifs is 1. The third kappa shape index (κ3) is 6.20. The standard InChI is InChI=1S/C30H44N6O2/c1-21(2)35-15-13-34(14-16-35)18-23-5-7-24(8-6-23)28-19-36(25-9-11-26(37)12-10-25)29-27(28)17-31-30(33-29)32-22(3)20-38-4/h5-8,17,19,21-22,25-26,37H,9-16,18,20H2,1-4H3,(H,31,32,33)/t22-,25-,26-/m1/s1. The first kappa shape index (κ1) is 27.1. The van der Waals surface area contributed by atoms with Crippen LogP contribution in [0.4, 0.5) is 5.95 Å². The lowest BCUT2D eigenvalue weighted by molar-refractivity contribution is 0.104. The fourth-order valence-electron chi connectivity index (χ4n) is 5.94. The van der Waals surface area contributed by atoms with E-state index in [4.69, 9.17) is 9.72 Å². The van der Waals surface area contributed by atoms with Gasteiger partial charge in [-0.1, -0.05) is 24.3 Å². The summed E-state index contributed by atoms with van der Waals surface area (Å²) < 4.78 is 7.60. The van der Waals surface area contributed by atoms with Gasteiger partial charge in [0.25, 0.3) is 0 Å². The number of ether oxygens (including phenoxy) is 1. The highest BCUT2D eigenvalue weighted by atomic mass is 16.5. The summed E-state index contributed by atoms with van der Waals surface area (Å²) in [5, 5.41) is 14.5. The molecule has 3 heterocycles. The molecule has 0 bridgehead atoms. The smallest absolute Gasteiger partial charge is 0.224 e. The van der Waals surface area contributed by atoms with Crippen molar-refractivity contribution >= 4 is 17.0 Å². The van der Waals surface area contributed by atoms with Crippen molar-refractivity contribution in [3.63, 3.8) is 0 Å². The lowest BCUT2D eigenvalue weighted by atomic mass is 9.93. The Balaban J connectivity index is 1.38. The second-order valence-electron chi connectivity index (χ2n) is 11.4. The number of hydrogen-bond donors (Lipinski definition) is 2. The molecule has 38 heavy (non-hydrogen) atoms. The summed E-state index contributed by atoms with van der Waals surface area (Å²) in [6, 6.07) is 10.1. The second kappa shape index (κ2) is 12.1. The molecule has 1 aromatic carbocycles. The van der Waals surface area contributed by atoms with E-state index in [2.05, 4.69) is 75.9 Å². The molecule has 1 aliphatic carbocycles. The van der Waals surface area contributed by atoms with Gasteiger partial charge in [0.15, 0.2) is 0 Å². The van der Waals surface area contributed by atoms with Gasteiger partial charge in [-0.15, -0.1) is 0 Å². The highest BCUT2D eigenvalue weighted by Crippen LogP contribution is 2.37. The van der Waals surface area contributed by atoms with Crippen molar-refractivity contribution in [3.8, 4) is 11.1 Å². The van der Waals surface area contributed by atoms with Gasteiger partial charge in [0.2, 0.25) is 5.95 Å². The minimum Gasteiger partial charge on any atom is -0.393 e. The van der Waals surface area contributed by atoms with Gasteiger partial charge in [-0.05, 0) is 57.6 Å². The molecule has 2 N–H and O–H groups in total. The van der Waals surface area contributed by atoms with Crippen LogP contribution in [0.2, 0.25) is 0 Å². The normalized spacial score (nSPS) is 22.3. The van der Waals surface area contributed by atoms with E-state index in [-0.39, 0.29) is 12.1 Å². The molecule has 8 nitrogen and oxygen atoms in total. The van der Waals surface area contributed by atoms with E-state index in [1.807, 2.05) is 6.20 Å². The quantitative estimate of drug-likeness (QED) is 0.429. The second-order valence-corrected chi connectivity index (χ2v) is 11.4. The number of hydrogen-bond acceptors (Lipinski definition) is 7. The predicted molar refractivity (Wildman–Crippen MR) is 153 cm³/mol. The Morgan fingerprint density at radius 3 is 2.39 bits per heavy atom. The number of methoxy groups -OCH3 is 1. The van der Waals surface area contributed by atoms with Crippen LogP contribution < -0.4 is 5.32 Å². The van der Waals surface area contributed by atoms with E-state index in [9.17, 15) is 5.11 Å². The van der Waals surface area contributed by atoms with Gasteiger partial charge in [-0.3, -0.25) is 9.80 Å².